The van der Waals surface area contributed by atoms with Gasteiger partial charge in [0.25, 0.3) is 5.91 Å². The number of amides is 2. The molecule has 4 rings (SSSR count). The lowest BCUT2D eigenvalue weighted by Crippen LogP contribution is -2.40. The maximum absolute atomic E-state index is 12.3. The average molecular weight is 426 g/mol. The van der Waals surface area contributed by atoms with Crippen LogP contribution < -0.4 is 10.6 Å². The normalized spacial score (nSPS) is 13.6. The molecule has 0 saturated heterocycles. The molecule has 0 atom stereocenters. The number of nitrogens with one attached hydrogen (secondary N) is 2. The van der Waals surface area contributed by atoms with E-state index in [2.05, 4.69) is 37.8 Å². The number of benzene rings is 1. The number of fused-ring (bicyclic) bond motifs is 1. The Hall–Kier alpha value is -3.04. The summed E-state index contributed by atoms with van der Waals surface area (Å²) >= 11 is 1.44. The smallest absolute Gasteiger partial charge is 0.279 e. The van der Waals surface area contributed by atoms with Crippen LogP contribution in [0.2, 0.25) is 0 Å². The summed E-state index contributed by atoms with van der Waals surface area (Å²) in [5.41, 5.74) is 2.42. The molecule has 156 valence electrons. The van der Waals surface area contributed by atoms with Crippen molar-refractivity contribution >= 4 is 28.3 Å². The zero-order valence-corrected chi connectivity index (χ0v) is 17.5. The zero-order valence-electron chi connectivity index (χ0n) is 16.7. The number of carbonyl (C=O) groups excluding carboxylic acids is 2. The highest BCUT2D eigenvalue weighted by Crippen LogP contribution is 2.28. The van der Waals surface area contributed by atoms with Crippen LogP contribution in [0, 0.1) is 6.92 Å². The molecule has 2 aromatic heterocycles. The van der Waals surface area contributed by atoms with Gasteiger partial charge in [0.15, 0.2) is 10.8 Å². The summed E-state index contributed by atoms with van der Waals surface area (Å²) < 4.78 is 4.94. The Balaban J connectivity index is 1.26. The van der Waals surface area contributed by atoms with Gasteiger partial charge in [-0.3, -0.25) is 19.8 Å². The standard InChI is InChI=1S/C21H23N5O3S/c1-14-11-17(25-29-14)20(28)24-21-23-16-8-10-26(12-18(16)30-21)13-19(27)22-9-7-15-5-3-2-4-6-15/h2-6,11H,7-10,12-13H2,1H3,(H,22,27)(H,23,24,28). The number of rotatable bonds is 7. The lowest BCUT2D eigenvalue weighted by atomic mass is 10.1. The number of carbonyl (C=O) groups is 2. The van der Waals surface area contributed by atoms with Gasteiger partial charge in [0.1, 0.15) is 5.76 Å². The highest BCUT2D eigenvalue weighted by Gasteiger charge is 2.23. The lowest BCUT2D eigenvalue weighted by molar-refractivity contribution is -0.122. The predicted molar refractivity (Wildman–Crippen MR) is 113 cm³/mol. The molecule has 8 nitrogen and oxygen atoms in total. The van der Waals surface area contributed by atoms with Crippen molar-refractivity contribution in [2.24, 2.45) is 0 Å². The summed E-state index contributed by atoms with van der Waals surface area (Å²) in [7, 11) is 0. The van der Waals surface area contributed by atoms with Crippen molar-refractivity contribution in [2.75, 3.05) is 25.0 Å². The van der Waals surface area contributed by atoms with Gasteiger partial charge in [-0.05, 0) is 18.9 Å². The van der Waals surface area contributed by atoms with E-state index in [-0.39, 0.29) is 17.5 Å². The minimum absolute atomic E-state index is 0.0221. The van der Waals surface area contributed by atoms with Gasteiger partial charge in [0.2, 0.25) is 5.91 Å². The van der Waals surface area contributed by atoms with Gasteiger partial charge >= 0.3 is 0 Å². The lowest BCUT2D eigenvalue weighted by Gasteiger charge is -2.25. The minimum Gasteiger partial charge on any atom is -0.361 e. The topological polar surface area (TPSA) is 100 Å². The number of hydrogen-bond donors (Lipinski definition) is 2. The van der Waals surface area contributed by atoms with Gasteiger partial charge < -0.3 is 9.84 Å². The first-order valence-corrected chi connectivity index (χ1v) is 10.6. The molecular weight excluding hydrogens is 402 g/mol. The van der Waals surface area contributed by atoms with E-state index in [4.69, 9.17) is 4.52 Å². The molecule has 9 heteroatoms. The molecule has 1 aliphatic heterocycles. The second kappa shape index (κ2) is 9.19. The molecule has 2 N–H and O–H groups in total. The second-order valence-electron chi connectivity index (χ2n) is 7.21. The van der Waals surface area contributed by atoms with Crippen molar-refractivity contribution < 1.29 is 14.1 Å². The number of aryl methyl sites for hydroxylation is 1. The Labute approximate surface area is 178 Å². The molecule has 0 bridgehead atoms. The SMILES string of the molecule is Cc1cc(C(=O)Nc2nc3c(s2)CN(CC(=O)NCCc2ccccc2)CC3)no1. The van der Waals surface area contributed by atoms with Gasteiger partial charge in [-0.1, -0.05) is 35.5 Å². The monoisotopic (exact) mass is 425 g/mol. The van der Waals surface area contributed by atoms with Crippen LogP contribution in [0.25, 0.3) is 0 Å². The summed E-state index contributed by atoms with van der Waals surface area (Å²) in [4.78, 5) is 32.2. The van der Waals surface area contributed by atoms with Crippen LogP contribution in [0.5, 0.6) is 0 Å². The van der Waals surface area contributed by atoms with E-state index in [1.807, 2.05) is 18.2 Å². The third-order valence-corrected chi connectivity index (χ3v) is 5.84. The molecule has 0 aliphatic carbocycles. The maximum Gasteiger partial charge on any atom is 0.279 e. The summed E-state index contributed by atoms with van der Waals surface area (Å²) in [5.74, 6) is 0.262. The fourth-order valence-electron chi connectivity index (χ4n) is 3.32. The Morgan fingerprint density at radius 3 is 2.87 bits per heavy atom. The number of hydrogen-bond acceptors (Lipinski definition) is 7. The number of nitrogens with zero attached hydrogens (tertiary/aromatic N) is 3. The number of thiazole rings is 1. The van der Waals surface area contributed by atoms with Crippen molar-refractivity contribution in [2.45, 2.75) is 26.3 Å². The molecule has 0 fully saturated rings. The molecule has 2 amide bonds. The highest BCUT2D eigenvalue weighted by molar-refractivity contribution is 7.15. The van der Waals surface area contributed by atoms with Crippen LogP contribution in [-0.4, -0.2) is 46.5 Å². The van der Waals surface area contributed by atoms with Crippen LogP contribution >= 0.6 is 11.3 Å². The van der Waals surface area contributed by atoms with E-state index in [0.717, 1.165) is 30.0 Å². The second-order valence-corrected chi connectivity index (χ2v) is 8.30. The molecule has 3 heterocycles. The van der Waals surface area contributed by atoms with Crippen LogP contribution in [0.1, 0.15) is 32.4 Å². The van der Waals surface area contributed by atoms with E-state index < -0.39 is 0 Å². The van der Waals surface area contributed by atoms with Gasteiger partial charge in [0.05, 0.1) is 12.2 Å². The van der Waals surface area contributed by atoms with Crippen LogP contribution in [-0.2, 0) is 24.2 Å². The van der Waals surface area contributed by atoms with Gasteiger partial charge in [-0.15, -0.1) is 11.3 Å². The molecule has 1 aromatic carbocycles. The van der Waals surface area contributed by atoms with Crippen LogP contribution in [0.4, 0.5) is 5.13 Å². The summed E-state index contributed by atoms with van der Waals surface area (Å²) in [6.45, 7) is 4.13. The van der Waals surface area contributed by atoms with Gasteiger partial charge in [-0.2, -0.15) is 0 Å². The molecule has 30 heavy (non-hydrogen) atoms. The van der Waals surface area contributed by atoms with Gasteiger partial charge in [0, 0.05) is 37.0 Å². The predicted octanol–water partition coefficient (Wildman–Crippen LogP) is 2.41. The fourth-order valence-corrected chi connectivity index (χ4v) is 4.37. The number of aromatic nitrogens is 2. The quantitative estimate of drug-likeness (QED) is 0.603. The summed E-state index contributed by atoms with van der Waals surface area (Å²) in [5, 5.41) is 10.0. The Morgan fingerprint density at radius 1 is 1.27 bits per heavy atom. The molecule has 3 aromatic rings. The zero-order chi connectivity index (χ0) is 20.9. The molecule has 1 aliphatic rings. The van der Waals surface area contributed by atoms with E-state index in [9.17, 15) is 9.59 Å². The molecule has 0 spiro atoms. The van der Waals surface area contributed by atoms with E-state index >= 15 is 0 Å². The fraction of sp³-hybridized carbons (Fsp3) is 0.333. The first-order valence-electron chi connectivity index (χ1n) is 9.83. The molecule has 0 radical (unpaired) electrons. The average Bonchev–Trinajstić information content (AvgIpc) is 3.34. The minimum atomic E-state index is -0.340. The van der Waals surface area contributed by atoms with E-state index in [0.29, 0.717) is 30.5 Å². The summed E-state index contributed by atoms with van der Waals surface area (Å²) in [6, 6.07) is 11.7. The van der Waals surface area contributed by atoms with E-state index in [1.54, 1.807) is 13.0 Å². The van der Waals surface area contributed by atoms with Crippen molar-refractivity contribution in [1.29, 1.82) is 0 Å². The largest absolute Gasteiger partial charge is 0.361 e. The number of anilines is 1. The maximum atomic E-state index is 12.3. The third-order valence-electron chi connectivity index (χ3n) is 4.84. The van der Waals surface area contributed by atoms with Crippen molar-refractivity contribution in [3.8, 4) is 0 Å². The Kier molecular flexibility index (Phi) is 6.20. The molecule has 0 unspecified atom stereocenters. The van der Waals surface area contributed by atoms with Crippen molar-refractivity contribution in [1.82, 2.24) is 20.4 Å². The Morgan fingerprint density at radius 2 is 2.10 bits per heavy atom. The van der Waals surface area contributed by atoms with Crippen molar-refractivity contribution in [3.63, 3.8) is 0 Å². The first kappa shape index (κ1) is 20.2. The van der Waals surface area contributed by atoms with Gasteiger partial charge in [-0.25, -0.2) is 4.98 Å². The third kappa shape index (κ3) is 5.11. The molecular formula is C21H23N5O3S. The van der Waals surface area contributed by atoms with E-state index in [1.165, 1.54) is 16.9 Å². The highest BCUT2D eigenvalue weighted by atomic mass is 32.1. The molecule has 0 saturated carbocycles. The van der Waals surface area contributed by atoms with Crippen molar-refractivity contribution in [3.05, 3.63) is 64.0 Å². The summed E-state index contributed by atoms with van der Waals surface area (Å²) in [6.07, 6.45) is 1.57. The van der Waals surface area contributed by atoms with Crippen LogP contribution in [0.15, 0.2) is 40.9 Å². The van der Waals surface area contributed by atoms with Crippen LogP contribution in [0.3, 0.4) is 0 Å². The first-order chi connectivity index (χ1) is 14.6. The Bertz CT molecular complexity index is 1030.